The average Bonchev–Trinajstić information content (AvgIpc) is 2.34. The van der Waals surface area contributed by atoms with Crippen molar-refractivity contribution >= 4 is 11.7 Å². The number of nitrogens with zero attached hydrogens (tertiary/aromatic N) is 2. The Morgan fingerprint density at radius 1 is 1.33 bits per heavy atom. The lowest BCUT2D eigenvalue weighted by Gasteiger charge is -2.36. The molecule has 0 aliphatic carbocycles. The van der Waals surface area contributed by atoms with Crippen LogP contribution in [0, 0.1) is 5.92 Å². The first-order valence-electron chi connectivity index (χ1n) is 6.29. The molecule has 0 radical (unpaired) electrons. The third-order valence-electron chi connectivity index (χ3n) is 3.39. The summed E-state index contributed by atoms with van der Waals surface area (Å²) in [6, 6.07) is 7.81. The lowest BCUT2D eigenvalue weighted by molar-refractivity contribution is 0.128. The fraction of sp³-hybridized carbons (Fsp3) is 0.500. The van der Waals surface area contributed by atoms with E-state index in [0.717, 1.165) is 11.3 Å². The number of carbonyl (C=O) groups is 1. The zero-order valence-electron chi connectivity index (χ0n) is 11.1. The third kappa shape index (κ3) is 2.34. The SMILES string of the molecule is CC(C)C(O)CN1C(=O)N(C)Cc2ccccc21. The van der Waals surface area contributed by atoms with E-state index in [-0.39, 0.29) is 11.9 Å². The molecule has 0 aromatic heterocycles. The zero-order valence-corrected chi connectivity index (χ0v) is 11.1. The summed E-state index contributed by atoms with van der Waals surface area (Å²) in [7, 11) is 1.78. The van der Waals surface area contributed by atoms with Gasteiger partial charge in [-0.25, -0.2) is 4.79 Å². The van der Waals surface area contributed by atoms with Crippen molar-refractivity contribution in [3.63, 3.8) is 0 Å². The molecule has 0 spiro atoms. The minimum absolute atomic E-state index is 0.0478. The van der Waals surface area contributed by atoms with Crippen LogP contribution in [0.3, 0.4) is 0 Å². The van der Waals surface area contributed by atoms with E-state index in [1.165, 1.54) is 0 Å². The number of anilines is 1. The molecule has 18 heavy (non-hydrogen) atoms. The zero-order chi connectivity index (χ0) is 13.3. The first-order chi connectivity index (χ1) is 8.50. The number of aliphatic hydroxyl groups excluding tert-OH is 1. The Bertz CT molecular complexity index is 445. The quantitative estimate of drug-likeness (QED) is 0.890. The molecular formula is C14H20N2O2. The summed E-state index contributed by atoms with van der Waals surface area (Å²) in [5.41, 5.74) is 2.04. The lowest BCUT2D eigenvalue weighted by atomic mass is 10.0. The maximum Gasteiger partial charge on any atom is 0.324 e. The predicted octanol–water partition coefficient (Wildman–Crippen LogP) is 2.08. The first kappa shape index (κ1) is 12.9. The molecular weight excluding hydrogens is 228 g/mol. The van der Waals surface area contributed by atoms with Gasteiger partial charge in [0.05, 0.1) is 18.3 Å². The van der Waals surface area contributed by atoms with Gasteiger partial charge in [-0.15, -0.1) is 0 Å². The molecule has 0 saturated carbocycles. The highest BCUT2D eigenvalue weighted by atomic mass is 16.3. The van der Waals surface area contributed by atoms with E-state index in [2.05, 4.69) is 0 Å². The Hall–Kier alpha value is -1.55. The highest BCUT2D eigenvalue weighted by Gasteiger charge is 2.29. The van der Waals surface area contributed by atoms with E-state index in [1.807, 2.05) is 38.1 Å². The summed E-state index contributed by atoms with van der Waals surface area (Å²) in [5.74, 6) is 0.136. The second kappa shape index (κ2) is 4.98. The van der Waals surface area contributed by atoms with Crippen LogP contribution in [-0.2, 0) is 6.54 Å². The van der Waals surface area contributed by atoms with Gasteiger partial charge in [0.15, 0.2) is 0 Å². The molecule has 1 N–H and O–H groups in total. The van der Waals surface area contributed by atoms with Gasteiger partial charge in [-0.2, -0.15) is 0 Å². The van der Waals surface area contributed by atoms with E-state index in [0.29, 0.717) is 13.1 Å². The minimum Gasteiger partial charge on any atom is -0.391 e. The standard InChI is InChI=1S/C14H20N2O2/c1-10(2)13(17)9-16-12-7-5-4-6-11(12)8-15(3)14(16)18/h4-7,10,13,17H,8-9H2,1-3H3. The van der Waals surface area contributed by atoms with Crippen LogP contribution < -0.4 is 4.90 Å². The maximum absolute atomic E-state index is 12.2. The molecule has 0 bridgehead atoms. The molecule has 1 unspecified atom stereocenters. The molecule has 1 heterocycles. The number of hydrogen-bond acceptors (Lipinski definition) is 2. The van der Waals surface area contributed by atoms with Crippen molar-refractivity contribution in [3.8, 4) is 0 Å². The van der Waals surface area contributed by atoms with Gasteiger partial charge in [0, 0.05) is 13.6 Å². The van der Waals surface area contributed by atoms with Gasteiger partial charge in [0.25, 0.3) is 0 Å². The van der Waals surface area contributed by atoms with E-state index < -0.39 is 6.10 Å². The summed E-state index contributed by atoms with van der Waals surface area (Å²) in [6.45, 7) is 4.88. The number of benzene rings is 1. The Morgan fingerprint density at radius 2 is 2.00 bits per heavy atom. The molecule has 1 aromatic rings. The normalized spacial score (nSPS) is 17.1. The molecule has 4 nitrogen and oxygen atoms in total. The second-order valence-corrected chi connectivity index (χ2v) is 5.19. The first-order valence-corrected chi connectivity index (χ1v) is 6.29. The molecule has 1 aromatic carbocycles. The van der Waals surface area contributed by atoms with Crippen LogP contribution in [0.2, 0.25) is 0 Å². The van der Waals surface area contributed by atoms with Crippen molar-refractivity contribution in [1.29, 1.82) is 0 Å². The summed E-state index contributed by atoms with van der Waals surface area (Å²) in [5, 5.41) is 10.00. The molecule has 2 rings (SSSR count). The molecule has 0 fully saturated rings. The number of aliphatic hydroxyl groups is 1. The number of rotatable bonds is 3. The van der Waals surface area contributed by atoms with Gasteiger partial charge >= 0.3 is 6.03 Å². The molecule has 0 saturated heterocycles. The fourth-order valence-corrected chi connectivity index (χ4v) is 2.11. The number of β-amino-alcohol motifs (C(OH)–C–C–N with tert-alkyl or cyclic N) is 1. The van der Waals surface area contributed by atoms with Crippen molar-refractivity contribution in [3.05, 3.63) is 29.8 Å². The third-order valence-corrected chi connectivity index (χ3v) is 3.39. The number of urea groups is 1. The Balaban J connectivity index is 2.30. The molecule has 2 amide bonds. The molecule has 1 aliphatic rings. The summed E-state index contributed by atoms with van der Waals surface area (Å²) in [4.78, 5) is 15.5. The van der Waals surface area contributed by atoms with Crippen molar-refractivity contribution in [2.24, 2.45) is 5.92 Å². The van der Waals surface area contributed by atoms with Crippen LogP contribution in [0.5, 0.6) is 0 Å². The minimum atomic E-state index is -0.506. The van der Waals surface area contributed by atoms with Gasteiger partial charge in [0.1, 0.15) is 0 Å². The average molecular weight is 248 g/mol. The van der Waals surface area contributed by atoms with Gasteiger partial charge < -0.3 is 10.0 Å². The largest absolute Gasteiger partial charge is 0.391 e. The van der Waals surface area contributed by atoms with Gasteiger partial charge in [-0.05, 0) is 17.5 Å². The summed E-state index contributed by atoms with van der Waals surface area (Å²) in [6.07, 6.45) is -0.506. The molecule has 98 valence electrons. The lowest BCUT2D eigenvalue weighted by Crippen LogP contribution is -2.48. The summed E-state index contributed by atoms with van der Waals surface area (Å²) >= 11 is 0. The molecule has 1 atom stereocenters. The van der Waals surface area contributed by atoms with Crippen LogP contribution in [0.25, 0.3) is 0 Å². The van der Waals surface area contributed by atoms with Crippen LogP contribution in [0.4, 0.5) is 10.5 Å². The second-order valence-electron chi connectivity index (χ2n) is 5.19. The van der Waals surface area contributed by atoms with Gasteiger partial charge in [0.2, 0.25) is 0 Å². The van der Waals surface area contributed by atoms with Crippen LogP contribution in [0.15, 0.2) is 24.3 Å². The Labute approximate surface area is 108 Å². The van der Waals surface area contributed by atoms with E-state index in [4.69, 9.17) is 0 Å². The Morgan fingerprint density at radius 3 is 2.67 bits per heavy atom. The monoisotopic (exact) mass is 248 g/mol. The molecule has 1 aliphatic heterocycles. The fourth-order valence-electron chi connectivity index (χ4n) is 2.11. The maximum atomic E-state index is 12.2. The van der Waals surface area contributed by atoms with Crippen LogP contribution >= 0.6 is 0 Å². The van der Waals surface area contributed by atoms with Crippen molar-refractivity contribution in [2.45, 2.75) is 26.5 Å². The predicted molar refractivity (Wildman–Crippen MR) is 71.5 cm³/mol. The number of carbonyl (C=O) groups excluding carboxylic acids is 1. The number of fused-ring (bicyclic) bond motifs is 1. The topological polar surface area (TPSA) is 43.8 Å². The molecule has 4 heteroatoms. The number of para-hydroxylation sites is 1. The van der Waals surface area contributed by atoms with Crippen LogP contribution in [-0.4, -0.2) is 35.7 Å². The van der Waals surface area contributed by atoms with Crippen LogP contribution in [0.1, 0.15) is 19.4 Å². The van der Waals surface area contributed by atoms with Crippen molar-refractivity contribution in [2.75, 3.05) is 18.5 Å². The highest BCUT2D eigenvalue weighted by Crippen LogP contribution is 2.28. The van der Waals surface area contributed by atoms with Crippen molar-refractivity contribution < 1.29 is 9.90 Å². The smallest absolute Gasteiger partial charge is 0.324 e. The number of hydrogen-bond donors (Lipinski definition) is 1. The van der Waals surface area contributed by atoms with E-state index >= 15 is 0 Å². The van der Waals surface area contributed by atoms with E-state index in [1.54, 1.807) is 16.8 Å². The van der Waals surface area contributed by atoms with Gasteiger partial charge in [-0.3, -0.25) is 4.90 Å². The summed E-state index contributed by atoms with van der Waals surface area (Å²) < 4.78 is 0. The number of amides is 2. The highest BCUT2D eigenvalue weighted by molar-refractivity contribution is 5.94. The van der Waals surface area contributed by atoms with E-state index in [9.17, 15) is 9.90 Å². The van der Waals surface area contributed by atoms with Gasteiger partial charge in [-0.1, -0.05) is 32.0 Å². The Kier molecular flexibility index (Phi) is 3.57. The van der Waals surface area contributed by atoms with Crippen molar-refractivity contribution in [1.82, 2.24) is 4.90 Å².